The van der Waals surface area contributed by atoms with Gasteiger partial charge in [0.05, 0.1) is 16.6 Å². The molecule has 23 heavy (non-hydrogen) atoms. The number of carbonyl (C=O) groups is 1. The first-order chi connectivity index (χ1) is 11.0. The third-order valence-corrected chi connectivity index (χ3v) is 4.20. The molecule has 1 fully saturated rings. The number of aromatic nitrogens is 2. The lowest BCUT2D eigenvalue weighted by Gasteiger charge is -1.98. The van der Waals surface area contributed by atoms with E-state index in [2.05, 4.69) is 15.5 Å². The predicted molar refractivity (Wildman–Crippen MR) is 82.6 cm³/mol. The quantitative estimate of drug-likeness (QED) is 0.514. The zero-order valence-corrected chi connectivity index (χ0v) is 12.5. The molecule has 0 spiro atoms. The Bertz CT molecular complexity index is 801. The number of hydrogen-bond donors (Lipinski definition) is 1. The SMILES string of the molecule is O=C(C=Cc1ccc(F)cc1[N+](=O)[O-])Nc1nnc(C2CC2)s1. The van der Waals surface area contributed by atoms with Crippen LogP contribution < -0.4 is 5.32 Å². The highest BCUT2D eigenvalue weighted by atomic mass is 32.1. The molecule has 118 valence electrons. The first-order valence-corrected chi connectivity index (χ1v) is 7.61. The number of nitrogens with one attached hydrogen (secondary N) is 1. The molecule has 0 bridgehead atoms. The summed E-state index contributed by atoms with van der Waals surface area (Å²) in [5.74, 6) is -0.738. The average molecular weight is 334 g/mol. The van der Waals surface area contributed by atoms with Gasteiger partial charge in [0.2, 0.25) is 11.0 Å². The molecular formula is C14H11FN4O3S. The topological polar surface area (TPSA) is 98.0 Å². The van der Waals surface area contributed by atoms with E-state index in [9.17, 15) is 19.3 Å². The summed E-state index contributed by atoms with van der Waals surface area (Å²) in [6.45, 7) is 0. The lowest BCUT2D eigenvalue weighted by atomic mass is 10.1. The maximum Gasteiger partial charge on any atom is 0.279 e. The molecule has 3 rings (SSSR count). The van der Waals surface area contributed by atoms with Crippen molar-refractivity contribution in [3.8, 4) is 0 Å². The smallest absolute Gasteiger partial charge is 0.279 e. The average Bonchev–Trinajstić information content (AvgIpc) is 3.26. The highest BCUT2D eigenvalue weighted by molar-refractivity contribution is 7.15. The molecule has 1 aliphatic carbocycles. The molecule has 0 aliphatic heterocycles. The summed E-state index contributed by atoms with van der Waals surface area (Å²) < 4.78 is 13.0. The van der Waals surface area contributed by atoms with Crippen molar-refractivity contribution in [3.05, 3.63) is 50.8 Å². The van der Waals surface area contributed by atoms with Crippen molar-refractivity contribution in [3.63, 3.8) is 0 Å². The number of rotatable bonds is 5. The summed E-state index contributed by atoms with van der Waals surface area (Å²) in [4.78, 5) is 22.0. The molecule has 0 unspecified atom stereocenters. The summed E-state index contributed by atoms with van der Waals surface area (Å²) in [6.07, 6.45) is 4.58. The van der Waals surface area contributed by atoms with E-state index in [0.29, 0.717) is 11.0 Å². The van der Waals surface area contributed by atoms with Gasteiger partial charge < -0.3 is 0 Å². The molecule has 1 N–H and O–H groups in total. The minimum absolute atomic E-state index is 0.141. The van der Waals surface area contributed by atoms with Crippen molar-refractivity contribution >= 4 is 34.1 Å². The number of carbonyl (C=O) groups excluding carboxylic acids is 1. The first-order valence-electron chi connectivity index (χ1n) is 6.79. The Kier molecular flexibility index (Phi) is 4.11. The van der Waals surface area contributed by atoms with Gasteiger partial charge in [0.25, 0.3) is 5.69 Å². The van der Waals surface area contributed by atoms with Crippen LogP contribution in [-0.2, 0) is 4.79 Å². The molecule has 2 aromatic rings. The third kappa shape index (κ3) is 3.75. The summed E-state index contributed by atoms with van der Waals surface area (Å²) in [5.41, 5.74) is -0.261. The zero-order valence-electron chi connectivity index (χ0n) is 11.7. The Morgan fingerprint density at radius 3 is 2.91 bits per heavy atom. The van der Waals surface area contributed by atoms with Crippen molar-refractivity contribution in [1.29, 1.82) is 0 Å². The molecule has 0 atom stereocenters. The van der Waals surface area contributed by atoms with E-state index in [1.54, 1.807) is 0 Å². The number of benzene rings is 1. The van der Waals surface area contributed by atoms with Crippen LogP contribution in [0, 0.1) is 15.9 Å². The molecule has 9 heteroatoms. The van der Waals surface area contributed by atoms with Crippen LogP contribution in [0.3, 0.4) is 0 Å². The number of hydrogen-bond acceptors (Lipinski definition) is 6. The fraction of sp³-hybridized carbons (Fsp3) is 0.214. The summed E-state index contributed by atoms with van der Waals surface area (Å²) in [7, 11) is 0. The largest absolute Gasteiger partial charge is 0.297 e. The fourth-order valence-electron chi connectivity index (χ4n) is 1.91. The number of amides is 1. The second kappa shape index (κ2) is 6.21. The van der Waals surface area contributed by atoms with E-state index in [0.717, 1.165) is 36.1 Å². The number of nitro groups is 1. The molecule has 1 saturated carbocycles. The molecule has 1 aromatic heterocycles. The van der Waals surface area contributed by atoms with Crippen LogP contribution in [0.5, 0.6) is 0 Å². The number of nitro benzene ring substituents is 1. The highest BCUT2D eigenvalue weighted by Crippen LogP contribution is 2.42. The van der Waals surface area contributed by atoms with Gasteiger partial charge >= 0.3 is 0 Å². The molecule has 0 radical (unpaired) electrons. The lowest BCUT2D eigenvalue weighted by Crippen LogP contribution is -2.07. The molecule has 0 saturated heterocycles. The Morgan fingerprint density at radius 2 is 2.22 bits per heavy atom. The van der Waals surface area contributed by atoms with E-state index in [1.165, 1.54) is 23.5 Å². The highest BCUT2D eigenvalue weighted by Gasteiger charge is 2.27. The van der Waals surface area contributed by atoms with Crippen molar-refractivity contribution in [2.24, 2.45) is 0 Å². The van der Waals surface area contributed by atoms with Crippen LogP contribution in [0.2, 0.25) is 0 Å². The first kappa shape index (κ1) is 15.2. The number of halogens is 1. The van der Waals surface area contributed by atoms with Crippen LogP contribution in [0.25, 0.3) is 6.08 Å². The third-order valence-electron chi connectivity index (χ3n) is 3.20. The van der Waals surface area contributed by atoms with Gasteiger partial charge in [0.1, 0.15) is 10.8 Å². The maximum atomic E-state index is 13.0. The minimum atomic E-state index is -0.709. The molecule has 7 nitrogen and oxygen atoms in total. The van der Waals surface area contributed by atoms with Gasteiger partial charge in [0, 0.05) is 12.0 Å². The van der Waals surface area contributed by atoms with E-state index < -0.39 is 22.3 Å². The van der Waals surface area contributed by atoms with Gasteiger partial charge in [-0.05, 0) is 31.1 Å². The Hall–Kier alpha value is -2.68. The molecular weight excluding hydrogens is 323 g/mol. The van der Waals surface area contributed by atoms with Gasteiger partial charge in [0.15, 0.2) is 0 Å². The number of nitrogens with zero attached hydrogens (tertiary/aromatic N) is 3. The van der Waals surface area contributed by atoms with Gasteiger partial charge in [-0.25, -0.2) is 4.39 Å². The fourth-order valence-corrected chi connectivity index (χ4v) is 2.82. The van der Waals surface area contributed by atoms with E-state index in [4.69, 9.17) is 0 Å². The standard InChI is InChI=1S/C14H11FN4O3S/c15-10-5-3-8(11(7-10)19(21)22)4-6-12(20)16-14-18-17-13(23-14)9-1-2-9/h3-7,9H,1-2H2,(H,16,18,20). The van der Waals surface area contributed by atoms with Crippen LogP contribution >= 0.6 is 11.3 Å². The van der Waals surface area contributed by atoms with Gasteiger partial charge in [-0.2, -0.15) is 0 Å². The minimum Gasteiger partial charge on any atom is -0.297 e. The van der Waals surface area contributed by atoms with Crippen LogP contribution in [0.4, 0.5) is 15.2 Å². The van der Waals surface area contributed by atoms with Crippen molar-refractivity contribution in [1.82, 2.24) is 10.2 Å². The van der Waals surface area contributed by atoms with Crippen LogP contribution in [0.1, 0.15) is 29.3 Å². The summed E-state index contributed by atoms with van der Waals surface area (Å²) in [6, 6.07) is 3.15. The van der Waals surface area contributed by atoms with Gasteiger partial charge in [-0.1, -0.05) is 11.3 Å². The number of anilines is 1. The Balaban J connectivity index is 1.69. The maximum absolute atomic E-state index is 13.0. The van der Waals surface area contributed by atoms with Gasteiger partial charge in [-0.15, -0.1) is 10.2 Å². The van der Waals surface area contributed by atoms with Crippen molar-refractivity contribution in [2.45, 2.75) is 18.8 Å². The zero-order chi connectivity index (χ0) is 16.4. The van der Waals surface area contributed by atoms with Crippen molar-refractivity contribution in [2.75, 3.05) is 5.32 Å². The second-order valence-corrected chi connectivity index (χ2v) is 6.01. The van der Waals surface area contributed by atoms with E-state index in [-0.39, 0.29) is 5.56 Å². The molecule has 1 amide bonds. The van der Waals surface area contributed by atoms with Crippen LogP contribution in [-0.4, -0.2) is 21.0 Å². The van der Waals surface area contributed by atoms with Crippen molar-refractivity contribution < 1.29 is 14.1 Å². The Labute approximate surface area is 134 Å². The summed E-state index contributed by atoms with van der Waals surface area (Å²) in [5, 5.41) is 22.6. The van der Waals surface area contributed by atoms with Gasteiger partial charge in [-0.3, -0.25) is 20.2 Å². The monoisotopic (exact) mass is 334 g/mol. The summed E-state index contributed by atoms with van der Waals surface area (Å²) >= 11 is 1.32. The Morgan fingerprint density at radius 1 is 1.43 bits per heavy atom. The van der Waals surface area contributed by atoms with E-state index in [1.807, 2.05) is 0 Å². The predicted octanol–water partition coefficient (Wildman–Crippen LogP) is 3.11. The molecule has 1 heterocycles. The van der Waals surface area contributed by atoms with Crippen LogP contribution in [0.15, 0.2) is 24.3 Å². The lowest BCUT2D eigenvalue weighted by molar-refractivity contribution is -0.385. The normalized spacial score (nSPS) is 14.1. The molecule has 1 aromatic carbocycles. The second-order valence-electron chi connectivity index (χ2n) is 5.00. The van der Waals surface area contributed by atoms with E-state index >= 15 is 0 Å². The molecule has 1 aliphatic rings.